The van der Waals surface area contributed by atoms with E-state index < -0.39 is 35.1 Å². The Kier molecular flexibility index (Phi) is 5.24. The molecule has 1 N–H and O–H groups in total. The molecular weight excluding hydrogens is 374 g/mol. The highest BCUT2D eigenvalue weighted by Crippen LogP contribution is 2.25. The molecule has 2 rings (SSSR count). The first-order chi connectivity index (χ1) is 11.1. The van der Waals surface area contributed by atoms with Crippen molar-refractivity contribution < 1.29 is 23.1 Å². The number of halogens is 5. The van der Waals surface area contributed by atoms with Gasteiger partial charge in [-0.3, -0.25) is 4.79 Å². The zero-order valence-corrected chi connectivity index (χ0v) is 13.5. The molecule has 0 aliphatic heterocycles. The highest BCUT2D eigenvalue weighted by molar-refractivity contribution is 6.32. The molecule has 0 fully saturated rings. The molecule has 1 heterocycles. The lowest BCUT2D eigenvalue weighted by atomic mass is 10.1. The Bertz CT molecular complexity index is 851. The molecule has 0 saturated heterocycles. The Labute approximate surface area is 143 Å². The van der Waals surface area contributed by atoms with E-state index in [1.54, 1.807) is 0 Å². The fraction of sp³-hybridized carbons (Fsp3) is 0.308. The number of rotatable bonds is 5. The number of aliphatic carboxylic acids is 1. The number of carboxylic acids is 1. The summed E-state index contributed by atoms with van der Waals surface area (Å²) in [5.74, 6) is -2.61. The van der Waals surface area contributed by atoms with Crippen LogP contribution in [0.15, 0.2) is 16.9 Å². The number of nitrogens with zero attached hydrogens (tertiary/aromatic N) is 3. The number of aromatic nitrogens is 3. The second-order valence-corrected chi connectivity index (χ2v) is 5.73. The molecule has 0 amide bonds. The third-order valence-electron chi connectivity index (χ3n) is 3.19. The molecule has 130 valence electrons. The third-order valence-corrected chi connectivity index (χ3v) is 3.88. The highest BCUT2D eigenvalue weighted by Gasteiger charge is 2.22. The molecule has 0 spiro atoms. The summed E-state index contributed by atoms with van der Waals surface area (Å²) < 4.78 is 40.3. The van der Waals surface area contributed by atoms with Gasteiger partial charge in [0.25, 0.3) is 0 Å². The summed E-state index contributed by atoms with van der Waals surface area (Å²) in [5.41, 5.74) is -1.54. The zero-order valence-electron chi connectivity index (χ0n) is 12.0. The minimum absolute atomic E-state index is 0.0926. The Morgan fingerprint density at radius 1 is 1.42 bits per heavy atom. The molecule has 0 radical (unpaired) electrons. The Balaban J connectivity index is 2.58. The van der Waals surface area contributed by atoms with Crippen molar-refractivity contribution in [2.45, 2.75) is 25.3 Å². The van der Waals surface area contributed by atoms with Crippen LogP contribution in [0.5, 0.6) is 0 Å². The molecule has 0 bridgehead atoms. The topological polar surface area (TPSA) is 77.1 Å². The van der Waals surface area contributed by atoms with Crippen LogP contribution in [-0.4, -0.2) is 30.8 Å². The molecule has 0 unspecified atom stereocenters. The fourth-order valence-electron chi connectivity index (χ4n) is 2.04. The van der Waals surface area contributed by atoms with Crippen molar-refractivity contribution in [3.63, 3.8) is 0 Å². The predicted molar refractivity (Wildman–Crippen MR) is 79.8 cm³/mol. The van der Waals surface area contributed by atoms with Gasteiger partial charge < -0.3 is 5.11 Å². The number of alkyl halides is 3. The van der Waals surface area contributed by atoms with E-state index in [1.165, 1.54) is 0 Å². The van der Waals surface area contributed by atoms with Crippen LogP contribution >= 0.6 is 23.2 Å². The van der Waals surface area contributed by atoms with E-state index in [4.69, 9.17) is 28.3 Å². The SMILES string of the molecule is Cc1nn(-c2cc(C[C@H](Cl)C(=O)O)c(Cl)cc2F)c(=O)n1C(F)F. The van der Waals surface area contributed by atoms with Crippen LogP contribution in [0.25, 0.3) is 5.69 Å². The van der Waals surface area contributed by atoms with Crippen LogP contribution < -0.4 is 5.69 Å². The molecule has 2 aromatic rings. The van der Waals surface area contributed by atoms with E-state index >= 15 is 0 Å². The van der Waals surface area contributed by atoms with Gasteiger partial charge in [-0.2, -0.15) is 13.5 Å². The first-order valence-electron chi connectivity index (χ1n) is 6.45. The molecular formula is C13H10Cl2F3N3O3. The van der Waals surface area contributed by atoms with Gasteiger partial charge in [-0.05, 0) is 24.6 Å². The maximum atomic E-state index is 14.1. The molecule has 24 heavy (non-hydrogen) atoms. The minimum atomic E-state index is -3.14. The van der Waals surface area contributed by atoms with Gasteiger partial charge in [0.15, 0.2) is 5.82 Å². The molecule has 1 aromatic carbocycles. The number of carbonyl (C=O) groups is 1. The summed E-state index contributed by atoms with van der Waals surface area (Å²) in [5, 5.41) is 11.0. The predicted octanol–water partition coefficient (Wildman–Crippen LogP) is 2.76. The van der Waals surface area contributed by atoms with Gasteiger partial charge in [0.05, 0.1) is 0 Å². The number of hydrogen-bond acceptors (Lipinski definition) is 3. The maximum Gasteiger partial charge on any atom is 0.355 e. The lowest BCUT2D eigenvalue weighted by molar-refractivity contribution is -0.136. The van der Waals surface area contributed by atoms with Gasteiger partial charge in [0.1, 0.15) is 16.9 Å². The molecule has 0 aliphatic rings. The minimum Gasteiger partial charge on any atom is -0.480 e. The quantitative estimate of drug-likeness (QED) is 0.805. The number of aryl methyl sites for hydroxylation is 1. The smallest absolute Gasteiger partial charge is 0.355 e. The summed E-state index contributed by atoms with van der Waals surface area (Å²) in [6.07, 6.45) is -0.258. The molecule has 1 aromatic heterocycles. The van der Waals surface area contributed by atoms with Crippen LogP contribution in [0.1, 0.15) is 17.9 Å². The van der Waals surface area contributed by atoms with Gasteiger partial charge in [0.2, 0.25) is 0 Å². The Morgan fingerprint density at radius 3 is 2.54 bits per heavy atom. The van der Waals surface area contributed by atoms with Crippen molar-refractivity contribution in [2.24, 2.45) is 0 Å². The number of carboxylic acid groups (broad SMARTS) is 1. The van der Waals surface area contributed by atoms with Crippen molar-refractivity contribution in [1.82, 2.24) is 14.3 Å². The normalized spacial score (nSPS) is 12.6. The first kappa shape index (κ1) is 18.3. The van der Waals surface area contributed by atoms with Crippen LogP contribution in [0.2, 0.25) is 5.02 Å². The summed E-state index contributed by atoms with van der Waals surface area (Å²) in [7, 11) is 0. The molecule has 0 aliphatic carbocycles. The largest absolute Gasteiger partial charge is 0.480 e. The van der Waals surface area contributed by atoms with Crippen molar-refractivity contribution in [3.8, 4) is 5.69 Å². The molecule has 11 heteroatoms. The van der Waals surface area contributed by atoms with Crippen molar-refractivity contribution >= 4 is 29.2 Å². The van der Waals surface area contributed by atoms with Gasteiger partial charge in [-0.25, -0.2) is 13.8 Å². The average Bonchev–Trinajstić information content (AvgIpc) is 2.76. The van der Waals surface area contributed by atoms with E-state index in [0.29, 0.717) is 4.68 Å². The standard InChI is InChI=1S/C13H10Cl2F3N3O3/c1-5-19-21(13(24)20(5)12(17)18)10-3-6(2-8(15)11(22)23)7(14)4-9(10)16/h3-4,8,12H,2H2,1H3,(H,22,23)/t8-/m0/s1. The van der Waals surface area contributed by atoms with Gasteiger partial charge in [-0.1, -0.05) is 11.6 Å². The van der Waals surface area contributed by atoms with E-state index in [2.05, 4.69) is 5.10 Å². The monoisotopic (exact) mass is 383 g/mol. The lowest BCUT2D eigenvalue weighted by Crippen LogP contribution is -2.25. The maximum absolute atomic E-state index is 14.1. The van der Waals surface area contributed by atoms with E-state index in [1.807, 2.05) is 0 Å². The van der Waals surface area contributed by atoms with Crippen molar-refractivity contribution in [2.75, 3.05) is 0 Å². The average molecular weight is 384 g/mol. The van der Waals surface area contributed by atoms with E-state index in [9.17, 15) is 22.8 Å². The summed E-state index contributed by atoms with van der Waals surface area (Å²) in [4.78, 5) is 22.8. The van der Waals surface area contributed by atoms with Crippen LogP contribution in [0.4, 0.5) is 13.2 Å². The second-order valence-electron chi connectivity index (χ2n) is 4.79. The van der Waals surface area contributed by atoms with Gasteiger partial charge >= 0.3 is 18.2 Å². The summed E-state index contributed by atoms with van der Waals surface area (Å²) in [6, 6.07) is 1.89. The number of hydrogen-bond donors (Lipinski definition) is 1. The highest BCUT2D eigenvalue weighted by atomic mass is 35.5. The Hall–Kier alpha value is -2.00. The Morgan fingerprint density at radius 2 is 2.04 bits per heavy atom. The molecule has 1 atom stereocenters. The van der Waals surface area contributed by atoms with E-state index in [-0.39, 0.29) is 27.4 Å². The lowest BCUT2D eigenvalue weighted by Gasteiger charge is -2.10. The summed E-state index contributed by atoms with van der Waals surface area (Å²) >= 11 is 11.5. The van der Waals surface area contributed by atoms with Gasteiger partial charge in [-0.15, -0.1) is 16.7 Å². The first-order valence-corrected chi connectivity index (χ1v) is 7.26. The zero-order chi connectivity index (χ0) is 18.2. The number of benzene rings is 1. The summed E-state index contributed by atoms with van der Waals surface area (Å²) in [6.45, 7) is -1.97. The van der Waals surface area contributed by atoms with Crippen molar-refractivity contribution in [1.29, 1.82) is 0 Å². The van der Waals surface area contributed by atoms with Crippen LogP contribution in [0, 0.1) is 12.7 Å². The molecule has 6 nitrogen and oxygen atoms in total. The fourth-order valence-corrected chi connectivity index (χ4v) is 2.43. The third kappa shape index (κ3) is 3.41. The molecule has 0 saturated carbocycles. The second kappa shape index (κ2) is 6.86. The van der Waals surface area contributed by atoms with Crippen molar-refractivity contribution in [3.05, 3.63) is 44.8 Å². The van der Waals surface area contributed by atoms with Gasteiger partial charge in [0, 0.05) is 11.4 Å². The van der Waals surface area contributed by atoms with Crippen LogP contribution in [0.3, 0.4) is 0 Å². The van der Waals surface area contributed by atoms with E-state index in [0.717, 1.165) is 19.1 Å². The van der Waals surface area contributed by atoms with Crippen LogP contribution in [-0.2, 0) is 11.2 Å².